The summed E-state index contributed by atoms with van der Waals surface area (Å²) in [5.41, 5.74) is 0.694. The fourth-order valence-corrected chi connectivity index (χ4v) is 1.79. The zero-order valence-electron chi connectivity index (χ0n) is 11.0. The zero-order chi connectivity index (χ0) is 13.9. The number of amides is 1. The van der Waals surface area contributed by atoms with Gasteiger partial charge in [-0.15, -0.1) is 0 Å². The summed E-state index contributed by atoms with van der Waals surface area (Å²) in [7, 11) is 1.48. The minimum Gasteiger partial charge on any atom is -0.480 e. The average molecular weight is 254 g/mol. The first-order valence-electron chi connectivity index (χ1n) is 5.72. The number of likely N-dealkylation sites (N-methyl/N-ethyl adjacent to an activating group) is 1. The second-order valence-corrected chi connectivity index (χ2v) is 4.59. The van der Waals surface area contributed by atoms with Gasteiger partial charge < -0.3 is 14.4 Å². The van der Waals surface area contributed by atoms with E-state index in [1.165, 1.54) is 18.2 Å². The van der Waals surface area contributed by atoms with Crippen molar-refractivity contribution in [2.24, 2.45) is 5.92 Å². The Kier molecular flexibility index (Phi) is 4.47. The van der Waals surface area contributed by atoms with Gasteiger partial charge in [-0.25, -0.2) is 9.78 Å². The summed E-state index contributed by atoms with van der Waals surface area (Å²) in [5.74, 6) is -1.19. The number of oxazole rings is 1. The number of aromatic nitrogens is 1. The lowest BCUT2D eigenvalue weighted by molar-refractivity contribution is -0.150. The average Bonchev–Trinajstić information content (AvgIpc) is 2.62. The molecule has 6 heteroatoms. The van der Waals surface area contributed by atoms with Crippen molar-refractivity contribution in [1.82, 2.24) is 9.88 Å². The quantitative estimate of drug-likeness (QED) is 0.850. The third kappa shape index (κ3) is 3.32. The summed E-state index contributed by atoms with van der Waals surface area (Å²) in [4.78, 5) is 28.3. The molecule has 0 aliphatic heterocycles. The summed E-state index contributed by atoms with van der Waals surface area (Å²) < 4.78 is 5.08. The molecular weight excluding hydrogens is 236 g/mol. The third-order valence-corrected chi connectivity index (χ3v) is 2.66. The molecule has 0 saturated heterocycles. The molecule has 0 aliphatic carbocycles. The maximum atomic E-state index is 11.9. The molecule has 1 rings (SSSR count). The summed E-state index contributed by atoms with van der Waals surface area (Å²) in [5, 5.41) is 9.10. The first-order chi connectivity index (χ1) is 8.32. The van der Waals surface area contributed by atoms with E-state index in [0.29, 0.717) is 11.6 Å². The Hall–Kier alpha value is -1.85. The number of aryl methyl sites for hydroxylation is 1. The number of carboxylic acid groups (broad SMARTS) is 1. The summed E-state index contributed by atoms with van der Waals surface area (Å²) >= 11 is 0. The van der Waals surface area contributed by atoms with E-state index >= 15 is 0 Å². The van der Waals surface area contributed by atoms with Gasteiger partial charge in [0.15, 0.2) is 0 Å². The van der Waals surface area contributed by atoms with E-state index in [1.807, 2.05) is 0 Å². The number of carbonyl (C=O) groups is 2. The molecule has 6 nitrogen and oxygen atoms in total. The van der Waals surface area contributed by atoms with Crippen LogP contribution in [-0.4, -0.2) is 40.0 Å². The first-order valence-corrected chi connectivity index (χ1v) is 5.72. The van der Waals surface area contributed by atoms with Crippen LogP contribution >= 0.6 is 0 Å². The molecule has 1 aromatic heterocycles. The standard InChI is InChI=1S/C12H18N2O4/c1-7(2)11(12(16)17)14(4)10(15)5-9-13-8(3)6-18-9/h6-7,11H,5H2,1-4H3,(H,16,17). The highest BCUT2D eigenvalue weighted by atomic mass is 16.4. The summed E-state index contributed by atoms with van der Waals surface area (Å²) in [6, 6.07) is -0.839. The Balaban J connectivity index is 2.73. The number of carboxylic acids is 1. The second kappa shape index (κ2) is 5.66. The number of aliphatic carboxylic acids is 1. The molecule has 100 valence electrons. The van der Waals surface area contributed by atoms with Crippen molar-refractivity contribution in [2.45, 2.75) is 33.2 Å². The summed E-state index contributed by atoms with van der Waals surface area (Å²) in [6.07, 6.45) is 1.43. The lowest BCUT2D eigenvalue weighted by Gasteiger charge is -2.27. The molecule has 0 spiro atoms. The maximum Gasteiger partial charge on any atom is 0.326 e. The molecule has 0 fully saturated rings. The zero-order valence-corrected chi connectivity index (χ0v) is 11.0. The Morgan fingerprint density at radius 1 is 1.50 bits per heavy atom. The van der Waals surface area contributed by atoms with Crippen molar-refractivity contribution in [3.63, 3.8) is 0 Å². The van der Waals surface area contributed by atoms with Gasteiger partial charge >= 0.3 is 5.97 Å². The molecule has 1 heterocycles. The van der Waals surface area contributed by atoms with Gasteiger partial charge in [-0.05, 0) is 12.8 Å². The lowest BCUT2D eigenvalue weighted by Crippen LogP contribution is -2.46. The third-order valence-electron chi connectivity index (χ3n) is 2.66. The molecule has 0 aromatic carbocycles. The summed E-state index contributed by atoms with van der Waals surface area (Å²) in [6.45, 7) is 5.28. The van der Waals surface area contributed by atoms with Gasteiger partial charge in [0.25, 0.3) is 0 Å². The van der Waals surface area contributed by atoms with Crippen LogP contribution in [0.3, 0.4) is 0 Å². The van der Waals surface area contributed by atoms with Crippen LogP contribution in [0, 0.1) is 12.8 Å². The Morgan fingerprint density at radius 3 is 2.50 bits per heavy atom. The van der Waals surface area contributed by atoms with E-state index in [0.717, 1.165) is 0 Å². The highest BCUT2D eigenvalue weighted by Gasteiger charge is 2.29. The Morgan fingerprint density at radius 2 is 2.11 bits per heavy atom. The first kappa shape index (κ1) is 14.2. The van der Waals surface area contributed by atoms with Crippen molar-refractivity contribution in [1.29, 1.82) is 0 Å². The Labute approximate surface area is 106 Å². The second-order valence-electron chi connectivity index (χ2n) is 4.59. The van der Waals surface area contributed by atoms with Crippen LogP contribution in [0.2, 0.25) is 0 Å². The molecule has 1 N–H and O–H groups in total. The largest absolute Gasteiger partial charge is 0.480 e. The van der Waals surface area contributed by atoms with E-state index in [4.69, 9.17) is 9.52 Å². The molecule has 1 unspecified atom stereocenters. The van der Waals surface area contributed by atoms with Crippen LogP contribution < -0.4 is 0 Å². The normalized spacial score (nSPS) is 12.5. The van der Waals surface area contributed by atoms with Crippen LogP contribution in [0.5, 0.6) is 0 Å². The van der Waals surface area contributed by atoms with E-state index in [1.54, 1.807) is 20.8 Å². The molecule has 0 aliphatic rings. The lowest BCUT2D eigenvalue weighted by atomic mass is 10.0. The van der Waals surface area contributed by atoms with Gasteiger partial charge in [0.2, 0.25) is 11.8 Å². The molecule has 0 saturated carbocycles. The van der Waals surface area contributed by atoms with Crippen LogP contribution in [0.25, 0.3) is 0 Å². The molecule has 0 radical (unpaired) electrons. The number of carbonyl (C=O) groups excluding carboxylic acids is 1. The number of nitrogens with zero attached hydrogens (tertiary/aromatic N) is 2. The van der Waals surface area contributed by atoms with Crippen LogP contribution in [0.15, 0.2) is 10.7 Å². The SMILES string of the molecule is Cc1coc(CC(=O)N(C)C(C(=O)O)C(C)C)n1. The van der Waals surface area contributed by atoms with Crippen LogP contribution in [0.1, 0.15) is 25.4 Å². The van der Waals surface area contributed by atoms with Crippen LogP contribution in [-0.2, 0) is 16.0 Å². The fourth-order valence-electron chi connectivity index (χ4n) is 1.79. The van der Waals surface area contributed by atoms with Gasteiger partial charge in [-0.1, -0.05) is 13.8 Å². The minimum absolute atomic E-state index is 0.0269. The minimum atomic E-state index is -1.01. The smallest absolute Gasteiger partial charge is 0.326 e. The number of rotatable bonds is 5. The molecule has 0 bridgehead atoms. The highest BCUT2D eigenvalue weighted by molar-refractivity contribution is 5.84. The van der Waals surface area contributed by atoms with Gasteiger partial charge in [0.1, 0.15) is 18.7 Å². The van der Waals surface area contributed by atoms with E-state index < -0.39 is 12.0 Å². The predicted octanol–water partition coefficient (Wildman–Crippen LogP) is 1.09. The monoisotopic (exact) mass is 254 g/mol. The van der Waals surface area contributed by atoms with E-state index in [2.05, 4.69) is 4.98 Å². The molecule has 1 atom stereocenters. The van der Waals surface area contributed by atoms with Gasteiger partial charge in [0, 0.05) is 7.05 Å². The Bertz CT molecular complexity index is 439. The number of hydrogen-bond acceptors (Lipinski definition) is 4. The van der Waals surface area contributed by atoms with Crippen molar-refractivity contribution < 1.29 is 19.1 Å². The molecular formula is C12H18N2O4. The van der Waals surface area contributed by atoms with E-state index in [-0.39, 0.29) is 18.2 Å². The van der Waals surface area contributed by atoms with Crippen molar-refractivity contribution in [3.8, 4) is 0 Å². The van der Waals surface area contributed by atoms with Gasteiger partial charge in [-0.3, -0.25) is 4.79 Å². The van der Waals surface area contributed by atoms with Crippen LogP contribution in [0.4, 0.5) is 0 Å². The van der Waals surface area contributed by atoms with Crippen molar-refractivity contribution >= 4 is 11.9 Å². The molecule has 1 amide bonds. The number of hydrogen-bond donors (Lipinski definition) is 1. The predicted molar refractivity (Wildman–Crippen MR) is 64.0 cm³/mol. The molecule has 18 heavy (non-hydrogen) atoms. The fraction of sp³-hybridized carbons (Fsp3) is 0.583. The van der Waals surface area contributed by atoms with Gasteiger partial charge in [-0.2, -0.15) is 0 Å². The van der Waals surface area contributed by atoms with Crippen molar-refractivity contribution in [2.75, 3.05) is 7.05 Å². The highest BCUT2D eigenvalue weighted by Crippen LogP contribution is 2.12. The van der Waals surface area contributed by atoms with Crippen molar-refractivity contribution in [3.05, 3.63) is 17.8 Å². The van der Waals surface area contributed by atoms with E-state index in [9.17, 15) is 9.59 Å². The van der Waals surface area contributed by atoms with Gasteiger partial charge in [0.05, 0.1) is 5.69 Å². The topological polar surface area (TPSA) is 83.6 Å². The maximum absolute atomic E-state index is 11.9. The molecule has 1 aromatic rings.